The summed E-state index contributed by atoms with van der Waals surface area (Å²) < 4.78 is 0. The van der Waals surface area contributed by atoms with Gasteiger partial charge in [0.2, 0.25) is 0 Å². The summed E-state index contributed by atoms with van der Waals surface area (Å²) >= 11 is 11.4. The van der Waals surface area contributed by atoms with Gasteiger partial charge in [-0.1, -0.05) is 29.3 Å². The van der Waals surface area contributed by atoms with Crippen molar-refractivity contribution in [3.63, 3.8) is 0 Å². The van der Waals surface area contributed by atoms with Crippen molar-refractivity contribution < 1.29 is 14.7 Å². The molecule has 0 saturated carbocycles. The highest BCUT2D eigenvalue weighted by Gasteiger charge is 2.14. The van der Waals surface area contributed by atoms with E-state index in [0.717, 1.165) is 0 Å². The lowest BCUT2D eigenvalue weighted by molar-refractivity contribution is 0.0690. The average Bonchev–Trinajstić information content (AvgIpc) is 2.41. The summed E-state index contributed by atoms with van der Waals surface area (Å²) in [5, 5.41) is 18.1. The van der Waals surface area contributed by atoms with Gasteiger partial charge in [-0.25, -0.2) is 9.78 Å². The zero-order chi connectivity index (χ0) is 14.7. The molecule has 1 amide bonds. The molecule has 0 saturated heterocycles. The van der Waals surface area contributed by atoms with Crippen LogP contribution in [-0.4, -0.2) is 32.2 Å². The molecule has 0 aliphatic rings. The number of aromatic nitrogens is 3. The Bertz CT molecular complexity index is 693. The summed E-state index contributed by atoms with van der Waals surface area (Å²) in [5.41, 5.74) is -0.186. The SMILES string of the molecule is O=C(O)c1cccc(NC(=O)c2cc(Cl)nnc2Cl)n1. The van der Waals surface area contributed by atoms with Crippen LogP contribution in [0.2, 0.25) is 10.3 Å². The molecule has 2 aromatic heterocycles. The molecule has 0 fully saturated rings. The molecule has 0 aliphatic carbocycles. The zero-order valence-corrected chi connectivity index (χ0v) is 11.2. The number of amides is 1. The van der Waals surface area contributed by atoms with Crippen LogP contribution in [0.5, 0.6) is 0 Å². The number of carboxylic acids is 1. The molecule has 0 atom stereocenters. The lowest BCUT2D eigenvalue weighted by Gasteiger charge is -2.06. The van der Waals surface area contributed by atoms with Gasteiger partial charge >= 0.3 is 5.97 Å². The Hall–Kier alpha value is -2.25. The summed E-state index contributed by atoms with van der Waals surface area (Å²) in [4.78, 5) is 26.5. The van der Waals surface area contributed by atoms with Crippen LogP contribution in [0.15, 0.2) is 24.3 Å². The summed E-state index contributed by atoms with van der Waals surface area (Å²) in [5.74, 6) is -1.76. The number of rotatable bonds is 3. The minimum absolute atomic E-state index is 0.00629. The fourth-order valence-electron chi connectivity index (χ4n) is 1.32. The second-order valence-corrected chi connectivity index (χ2v) is 4.28. The topological polar surface area (TPSA) is 105 Å². The van der Waals surface area contributed by atoms with Crippen LogP contribution in [0, 0.1) is 0 Å². The van der Waals surface area contributed by atoms with Gasteiger partial charge in [0, 0.05) is 0 Å². The highest BCUT2D eigenvalue weighted by Crippen LogP contribution is 2.17. The van der Waals surface area contributed by atoms with Crippen LogP contribution in [0.25, 0.3) is 0 Å². The molecule has 0 radical (unpaired) electrons. The van der Waals surface area contributed by atoms with Gasteiger partial charge in [-0.2, -0.15) is 0 Å². The van der Waals surface area contributed by atoms with Crippen molar-refractivity contribution in [2.45, 2.75) is 0 Å². The van der Waals surface area contributed by atoms with Crippen LogP contribution in [0.4, 0.5) is 5.82 Å². The molecule has 2 N–H and O–H groups in total. The number of anilines is 1. The highest BCUT2D eigenvalue weighted by molar-refractivity contribution is 6.34. The van der Waals surface area contributed by atoms with Crippen molar-refractivity contribution >= 4 is 40.9 Å². The largest absolute Gasteiger partial charge is 0.477 e. The van der Waals surface area contributed by atoms with Crippen molar-refractivity contribution in [1.82, 2.24) is 15.2 Å². The predicted molar refractivity (Wildman–Crippen MR) is 71.2 cm³/mol. The van der Waals surface area contributed by atoms with Gasteiger partial charge in [0.15, 0.2) is 16.0 Å². The Morgan fingerprint density at radius 1 is 1.20 bits per heavy atom. The van der Waals surface area contributed by atoms with E-state index in [0.29, 0.717) is 0 Å². The van der Waals surface area contributed by atoms with E-state index in [1.807, 2.05) is 0 Å². The van der Waals surface area contributed by atoms with Crippen molar-refractivity contribution in [1.29, 1.82) is 0 Å². The molecular formula is C11H6Cl2N4O3. The molecule has 2 aromatic rings. The molecule has 0 bridgehead atoms. The number of carbonyl (C=O) groups is 2. The van der Waals surface area contributed by atoms with E-state index < -0.39 is 11.9 Å². The number of hydrogen-bond acceptors (Lipinski definition) is 5. The third-order valence-corrected chi connectivity index (χ3v) is 2.64. The van der Waals surface area contributed by atoms with Gasteiger partial charge in [-0.15, -0.1) is 10.2 Å². The minimum Gasteiger partial charge on any atom is -0.477 e. The van der Waals surface area contributed by atoms with Crippen molar-refractivity contribution in [3.8, 4) is 0 Å². The van der Waals surface area contributed by atoms with Gasteiger partial charge < -0.3 is 10.4 Å². The molecule has 102 valence electrons. The molecule has 2 rings (SSSR count). The summed E-state index contributed by atoms with van der Waals surface area (Å²) in [7, 11) is 0. The standard InChI is InChI=1S/C11H6Cl2N4O3/c12-7-4-5(9(13)17-16-7)10(18)15-8-3-1-2-6(14-8)11(19)20/h1-4H,(H,19,20)(H,14,15,18). The first-order valence-electron chi connectivity index (χ1n) is 5.18. The van der Waals surface area contributed by atoms with E-state index in [1.54, 1.807) is 0 Å². The number of nitrogens with one attached hydrogen (secondary N) is 1. The first kappa shape index (κ1) is 14.2. The fourth-order valence-corrected chi connectivity index (χ4v) is 1.64. The van der Waals surface area contributed by atoms with Gasteiger partial charge in [-0.3, -0.25) is 4.79 Å². The van der Waals surface area contributed by atoms with Crippen LogP contribution in [0.3, 0.4) is 0 Å². The van der Waals surface area contributed by atoms with Gasteiger partial charge in [0.05, 0.1) is 5.56 Å². The summed E-state index contributed by atoms with van der Waals surface area (Å²) in [6.07, 6.45) is 0. The van der Waals surface area contributed by atoms with Crippen molar-refractivity contribution in [3.05, 3.63) is 45.8 Å². The maximum atomic E-state index is 12.0. The average molecular weight is 313 g/mol. The van der Waals surface area contributed by atoms with Gasteiger partial charge in [0.1, 0.15) is 5.82 Å². The first-order chi connectivity index (χ1) is 9.47. The molecule has 7 nitrogen and oxygen atoms in total. The zero-order valence-electron chi connectivity index (χ0n) is 9.67. The van der Waals surface area contributed by atoms with E-state index in [4.69, 9.17) is 28.3 Å². The molecule has 20 heavy (non-hydrogen) atoms. The fraction of sp³-hybridized carbons (Fsp3) is 0. The number of halogens is 2. The second kappa shape index (κ2) is 5.81. The van der Waals surface area contributed by atoms with Crippen LogP contribution < -0.4 is 5.32 Å². The molecule has 2 heterocycles. The van der Waals surface area contributed by atoms with Crippen LogP contribution >= 0.6 is 23.2 Å². The number of nitrogens with zero attached hydrogens (tertiary/aromatic N) is 3. The Morgan fingerprint density at radius 2 is 1.95 bits per heavy atom. The maximum absolute atomic E-state index is 12.0. The van der Waals surface area contributed by atoms with Gasteiger partial charge in [-0.05, 0) is 18.2 Å². The monoisotopic (exact) mass is 312 g/mol. The molecular weight excluding hydrogens is 307 g/mol. The predicted octanol–water partition coefficient (Wildman–Crippen LogP) is 2.13. The number of carboxylic acid groups (broad SMARTS) is 1. The number of carbonyl (C=O) groups excluding carboxylic acids is 1. The molecule has 0 aromatic carbocycles. The molecule has 0 unspecified atom stereocenters. The molecule has 9 heteroatoms. The quantitative estimate of drug-likeness (QED) is 0.899. The number of hydrogen-bond donors (Lipinski definition) is 2. The van der Waals surface area contributed by atoms with Crippen molar-refractivity contribution in [2.24, 2.45) is 0 Å². The third-order valence-electron chi connectivity index (χ3n) is 2.17. The molecule has 0 spiro atoms. The van der Waals surface area contributed by atoms with E-state index in [1.165, 1.54) is 24.3 Å². The normalized spacial score (nSPS) is 10.1. The lowest BCUT2D eigenvalue weighted by Crippen LogP contribution is -2.15. The highest BCUT2D eigenvalue weighted by atomic mass is 35.5. The minimum atomic E-state index is -1.20. The number of aromatic carboxylic acids is 1. The number of pyridine rings is 1. The van der Waals surface area contributed by atoms with Crippen LogP contribution in [-0.2, 0) is 0 Å². The maximum Gasteiger partial charge on any atom is 0.354 e. The molecule has 0 aliphatic heterocycles. The second-order valence-electron chi connectivity index (χ2n) is 3.54. The van der Waals surface area contributed by atoms with E-state index in [9.17, 15) is 9.59 Å². The Kier molecular flexibility index (Phi) is 4.11. The summed E-state index contributed by atoms with van der Waals surface area (Å²) in [6.45, 7) is 0. The van der Waals surface area contributed by atoms with E-state index in [2.05, 4.69) is 20.5 Å². The van der Waals surface area contributed by atoms with E-state index in [-0.39, 0.29) is 27.4 Å². The summed E-state index contributed by atoms with van der Waals surface area (Å²) in [6, 6.07) is 5.43. The Labute approximate surface area is 122 Å². The van der Waals surface area contributed by atoms with E-state index >= 15 is 0 Å². The van der Waals surface area contributed by atoms with Gasteiger partial charge in [0.25, 0.3) is 5.91 Å². The smallest absolute Gasteiger partial charge is 0.354 e. The third kappa shape index (κ3) is 3.19. The Morgan fingerprint density at radius 3 is 2.65 bits per heavy atom. The lowest BCUT2D eigenvalue weighted by atomic mass is 10.3. The first-order valence-corrected chi connectivity index (χ1v) is 5.93. The Balaban J connectivity index is 2.25. The van der Waals surface area contributed by atoms with Crippen molar-refractivity contribution in [2.75, 3.05) is 5.32 Å². The van der Waals surface area contributed by atoms with Crippen LogP contribution in [0.1, 0.15) is 20.8 Å².